The molecule has 1 aliphatic heterocycles. The Morgan fingerprint density at radius 1 is 1.30 bits per heavy atom. The van der Waals surface area contributed by atoms with E-state index in [1.807, 2.05) is 48.2 Å². The number of aromatic nitrogens is 2. The van der Waals surface area contributed by atoms with Gasteiger partial charge in [0.15, 0.2) is 5.82 Å². The van der Waals surface area contributed by atoms with Crippen LogP contribution in [0.5, 0.6) is 0 Å². The lowest BCUT2D eigenvalue weighted by atomic mass is 10.2. The molecule has 2 heterocycles. The molecule has 1 saturated heterocycles. The Hall–Kier alpha value is -1.75. The number of nitrogens with two attached hydrogens (primary N) is 1. The summed E-state index contributed by atoms with van der Waals surface area (Å²) in [5.74, 6) is 2.56. The van der Waals surface area contributed by atoms with Crippen LogP contribution in [0.3, 0.4) is 0 Å². The molecule has 0 aliphatic carbocycles. The van der Waals surface area contributed by atoms with Gasteiger partial charge >= 0.3 is 0 Å². The van der Waals surface area contributed by atoms with Gasteiger partial charge in [-0.15, -0.1) is 0 Å². The number of nitrogen functional groups attached to an aromatic ring is 1. The van der Waals surface area contributed by atoms with E-state index in [2.05, 4.69) is 10.1 Å². The van der Waals surface area contributed by atoms with Gasteiger partial charge in [-0.25, -0.2) is 0 Å². The molecule has 3 rings (SSSR count). The second-order valence-corrected chi connectivity index (χ2v) is 6.16. The predicted molar refractivity (Wildman–Crippen MR) is 83.1 cm³/mol. The van der Waals surface area contributed by atoms with E-state index in [0.29, 0.717) is 11.1 Å². The predicted octanol–water partition coefficient (Wildman–Crippen LogP) is 3.78. The van der Waals surface area contributed by atoms with Crippen molar-refractivity contribution in [3.8, 4) is 0 Å². The van der Waals surface area contributed by atoms with Crippen LogP contribution in [0.4, 0.5) is 5.69 Å². The molecule has 5 heteroatoms. The lowest BCUT2D eigenvalue weighted by Gasteiger charge is -2.17. The van der Waals surface area contributed by atoms with Crippen LogP contribution < -0.4 is 5.73 Å². The van der Waals surface area contributed by atoms with Crippen LogP contribution in [0.25, 0.3) is 12.2 Å². The molecule has 20 heavy (non-hydrogen) atoms. The molecule has 4 nitrogen and oxygen atoms in total. The first-order valence-electron chi connectivity index (χ1n) is 6.80. The van der Waals surface area contributed by atoms with E-state index in [-0.39, 0.29) is 0 Å². The highest BCUT2D eigenvalue weighted by atomic mass is 32.2. The molecule has 2 aromatic rings. The van der Waals surface area contributed by atoms with Crippen molar-refractivity contribution in [2.24, 2.45) is 0 Å². The molecule has 0 radical (unpaired) electrons. The molecule has 1 atom stereocenters. The lowest BCUT2D eigenvalue weighted by Crippen LogP contribution is -2.03. The summed E-state index contributed by atoms with van der Waals surface area (Å²) in [6.07, 6.45) is 7.45. The molecule has 2 N–H and O–H groups in total. The molecule has 1 aliphatic rings. The fourth-order valence-electron chi connectivity index (χ4n) is 2.22. The van der Waals surface area contributed by atoms with E-state index in [4.69, 9.17) is 10.3 Å². The van der Waals surface area contributed by atoms with Gasteiger partial charge in [0.1, 0.15) is 0 Å². The third-order valence-electron chi connectivity index (χ3n) is 3.25. The summed E-state index contributed by atoms with van der Waals surface area (Å²) in [6.45, 7) is 0. The lowest BCUT2D eigenvalue weighted by molar-refractivity contribution is 0.401. The third-order valence-corrected chi connectivity index (χ3v) is 4.63. The minimum atomic E-state index is 0.391. The van der Waals surface area contributed by atoms with Gasteiger partial charge in [0.2, 0.25) is 0 Å². The zero-order valence-electron chi connectivity index (χ0n) is 11.2. The van der Waals surface area contributed by atoms with Crippen LogP contribution in [0.1, 0.15) is 41.8 Å². The summed E-state index contributed by atoms with van der Waals surface area (Å²) >= 11 is 1.92. The second kappa shape index (κ2) is 6.13. The average Bonchev–Trinajstić information content (AvgIpc) is 2.95. The van der Waals surface area contributed by atoms with Gasteiger partial charge in [-0.3, -0.25) is 0 Å². The van der Waals surface area contributed by atoms with Gasteiger partial charge in [-0.05, 0) is 42.4 Å². The van der Waals surface area contributed by atoms with E-state index in [1.54, 1.807) is 0 Å². The van der Waals surface area contributed by atoms with Crippen molar-refractivity contribution >= 4 is 29.6 Å². The summed E-state index contributed by atoms with van der Waals surface area (Å²) < 4.78 is 5.28. The van der Waals surface area contributed by atoms with Crippen molar-refractivity contribution in [3.05, 3.63) is 41.5 Å². The van der Waals surface area contributed by atoms with Crippen molar-refractivity contribution in [1.29, 1.82) is 0 Å². The van der Waals surface area contributed by atoms with Crippen LogP contribution in [0.15, 0.2) is 28.8 Å². The summed E-state index contributed by atoms with van der Waals surface area (Å²) in [4.78, 5) is 4.45. The smallest absolute Gasteiger partial charge is 0.250 e. The molecular formula is C15H17N3OS. The molecule has 1 fully saturated rings. The van der Waals surface area contributed by atoms with Crippen LogP contribution in [-0.2, 0) is 0 Å². The number of anilines is 1. The van der Waals surface area contributed by atoms with Crippen LogP contribution >= 0.6 is 11.8 Å². The molecule has 0 bridgehead atoms. The molecule has 0 amide bonds. The highest BCUT2D eigenvalue weighted by Gasteiger charge is 2.20. The Morgan fingerprint density at radius 2 is 2.25 bits per heavy atom. The van der Waals surface area contributed by atoms with E-state index in [1.165, 1.54) is 18.6 Å². The van der Waals surface area contributed by atoms with Crippen LogP contribution in [0.2, 0.25) is 0 Å². The normalized spacial score (nSPS) is 19.5. The minimum Gasteiger partial charge on any atom is -0.399 e. The standard InChI is InChI=1S/C15H17N3OS/c16-12-5-3-4-11(10-12)7-8-14-17-15(18-19-14)13-6-1-2-9-20-13/h3-5,7-8,10,13H,1-2,6,9,16H2/b8-7+. The number of thioether (sulfide) groups is 1. The van der Waals surface area contributed by atoms with E-state index >= 15 is 0 Å². The molecule has 1 unspecified atom stereocenters. The SMILES string of the molecule is Nc1cccc(/C=C/c2nc(C3CCCCS3)no2)c1. The number of hydrogen-bond acceptors (Lipinski definition) is 5. The number of hydrogen-bond donors (Lipinski definition) is 1. The van der Waals surface area contributed by atoms with Crippen molar-refractivity contribution in [1.82, 2.24) is 10.1 Å². The van der Waals surface area contributed by atoms with Crippen molar-refractivity contribution < 1.29 is 4.52 Å². The van der Waals surface area contributed by atoms with Gasteiger partial charge in [0, 0.05) is 11.8 Å². The zero-order chi connectivity index (χ0) is 13.8. The van der Waals surface area contributed by atoms with Crippen molar-refractivity contribution in [2.45, 2.75) is 24.5 Å². The minimum absolute atomic E-state index is 0.391. The number of nitrogens with zero attached hydrogens (tertiary/aromatic N) is 2. The Morgan fingerprint density at radius 3 is 3.05 bits per heavy atom. The Kier molecular flexibility index (Phi) is 4.06. The summed E-state index contributed by atoms with van der Waals surface area (Å²) in [5, 5.41) is 4.48. The summed E-state index contributed by atoms with van der Waals surface area (Å²) in [5.41, 5.74) is 7.51. The summed E-state index contributed by atoms with van der Waals surface area (Å²) in [7, 11) is 0. The number of rotatable bonds is 3. The highest BCUT2D eigenvalue weighted by Crippen LogP contribution is 2.36. The average molecular weight is 287 g/mol. The third kappa shape index (κ3) is 3.22. The van der Waals surface area contributed by atoms with E-state index in [9.17, 15) is 0 Å². The fourth-order valence-corrected chi connectivity index (χ4v) is 3.45. The molecule has 1 aromatic carbocycles. The molecule has 0 spiro atoms. The Balaban J connectivity index is 1.70. The van der Waals surface area contributed by atoms with E-state index in [0.717, 1.165) is 23.5 Å². The quantitative estimate of drug-likeness (QED) is 0.870. The van der Waals surface area contributed by atoms with Gasteiger partial charge in [0.05, 0.1) is 5.25 Å². The van der Waals surface area contributed by atoms with Gasteiger partial charge in [0.25, 0.3) is 5.89 Å². The summed E-state index contributed by atoms with van der Waals surface area (Å²) in [6, 6.07) is 7.68. The molecular weight excluding hydrogens is 270 g/mol. The fraction of sp³-hybridized carbons (Fsp3) is 0.333. The molecule has 104 valence electrons. The molecule has 1 aromatic heterocycles. The van der Waals surface area contributed by atoms with Gasteiger partial charge < -0.3 is 10.3 Å². The Labute approximate surface area is 122 Å². The largest absolute Gasteiger partial charge is 0.399 e. The van der Waals surface area contributed by atoms with Crippen molar-refractivity contribution in [2.75, 3.05) is 11.5 Å². The highest BCUT2D eigenvalue weighted by molar-refractivity contribution is 7.99. The van der Waals surface area contributed by atoms with Gasteiger partial charge in [-0.2, -0.15) is 16.7 Å². The monoisotopic (exact) mass is 287 g/mol. The Bertz CT molecular complexity index is 603. The second-order valence-electron chi connectivity index (χ2n) is 4.85. The first kappa shape index (κ1) is 13.2. The maximum Gasteiger partial charge on any atom is 0.250 e. The first-order chi connectivity index (χ1) is 9.81. The number of benzene rings is 1. The maximum absolute atomic E-state index is 5.74. The maximum atomic E-state index is 5.74. The van der Waals surface area contributed by atoms with E-state index < -0.39 is 0 Å². The zero-order valence-corrected chi connectivity index (χ0v) is 12.0. The topological polar surface area (TPSA) is 64.9 Å². The van der Waals surface area contributed by atoms with Crippen LogP contribution in [-0.4, -0.2) is 15.9 Å². The van der Waals surface area contributed by atoms with Gasteiger partial charge in [-0.1, -0.05) is 23.7 Å². The van der Waals surface area contributed by atoms with Crippen molar-refractivity contribution in [3.63, 3.8) is 0 Å². The van der Waals surface area contributed by atoms with Crippen LogP contribution in [0, 0.1) is 0 Å². The first-order valence-corrected chi connectivity index (χ1v) is 7.85. The molecule has 0 saturated carbocycles.